The van der Waals surface area contributed by atoms with Crippen molar-refractivity contribution in [3.05, 3.63) is 36.2 Å². The van der Waals surface area contributed by atoms with Crippen molar-refractivity contribution in [1.82, 2.24) is 15.2 Å². The van der Waals surface area contributed by atoms with Gasteiger partial charge in [-0.3, -0.25) is 5.10 Å². The number of aromatic nitrogens is 3. The molecule has 1 aromatic carbocycles. The number of nitrogens with one attached hydrogen (secondary N) is 1. The first kappa shape index (κ1) is 10.8. The van der Waals surface area contributed by atoms with E-state index in [0.29, 0.717) is 12.4 Å². The molecule has 0 unspecified atom stereocenters. The molecule has 16 heavy (non-hydrogen) atoms. The summed E-state index contributed by atoms with van der Waals surface area (Å²) < 4.78 is 5.44. The largest absolute Gasteiger partial charge is 0.371 e. The van der Waals surface area contributed by atoms with Gasteiger partial charge in [0.05, 0.1) is 6.10 Å². The van der Waals surface area contributed by atoms with Gasteiger partial charge in [0.25, 0.3) is 0 Å². The van der Waals surface area contributed by atoms with Crippen molar-refractivity contribution in [2.24, 2.45) is 0 Å². The van der Waals surface area contributed by atoms with Gasteiger partial charge in [0, 0.05) is 5.56 Å². The third-order valence-electron chi connectivity index (χ3n) is 2.12. The molecule has 0 atom stereocenters. The van der Waals surface area contributed by atoms with Crippen LogP contribution in [0.4, 0.5) is 0 Å². The van der Waals surface area contributed by atoms with Crippen molar-refractivity contribution in [1.29, 1.82) is 0 Å². The molecule has 2 rings (SSSR count). The third kappa shape index (κ3) is 2.67. The van der Waals surface area contributed by atoms with Gasteiger partial charge in [-0.25, -0.2) is 4.98 Å². The van der Waals surface area contributed by atoms with Crippen LogP contribution in [0.3, 0.4) is 0 Å². The van der Waals surface area contributed by atoms with Gasteiger partial charge in [-0.15, -0.1) is 0 Å². The van der Waals surface area contributed by atoms with Crippen LogP contribution in [0.2, 0.25) is 0 Å². The lowest BCUT2D eigenvalue weighted by molar-refractivity contribution is 0.0615. The van der Waals surface area contributed by atoms with E-state index in [1.165, 1.54) is 0 Å². The first-order valence-electron chi connectivity index (χ1n) is 5.34. The van der Waals surface area contributed by atoms with Crippen molar-refractivity contribution in [3.8, 4) is 11.4 Å². The maximum Gasteiger partial charge on any atom is 0.181 e. The number of benzene rings is 1. The Balaban J connectivity index is 2.08. The Morgan fingerprint density at radius 2 is 2.00 bits per heavy atom. The lowest BCUT2D eigenvalue weighted by Gasteiger charge is -2.03. The summed E-state index contributed by atoms with van der Waals surface area (Å²) >= 11 is 0. The Kier molecular flexibility index (Phi) is 3.31. The molecule has 1 N–H and O–H groups in total. The molecule has 84 valence electrons. The van der Waals surface area contributed by atoms with Gasteiger partial charge in [0.2, 0.25) is 0 Å². The van der Waals surface area contributed by atoms with Gasteiger partial charge < -0.3 is 4.74 Å². The fourth-order valence-corrected chi connectivity index (χ4v) is 1.32. The Hall–Kier alpha value is -1.68. The van der Waals surface area contributed by atoms with Crippen LogP contribution in [0, 0.1) is 0 Å². The maximum atomic E-state index is 5.44. The fraction of sp³-hybridized carbons (Fsp3) is 0.333. The summed E-state index contributed by atoms with van der Waals surface area (Å²) in [6.07, 6.45) is 0.199. The van der Waals surface area contributed by atoms with Gasteiger partial charge >= 0.3 is 0 Å². The fourth-order valence-electron chi connectivity index (χ4n) is 1.32. The Bertz CT molecular complexity index is 437. The second-order valence-corrected chi connectivity index (χ2v) is 3.83. The van der Waals surface area contributed by atoms with Gasteiger partial charge in [-0.1, -0.05) is 30.3 Å². The average Bonchev–Trinajstić information content (AvgIpc) is 2.76. The Morgan fingerprint density at radius 1 is 1.25 bits per heavy atom. The van der Waals surface area contributed by atoms with E-state index in [1.807, 2.05) is 44.2 Å². The summed E-state index contributed by atoms with van der Waals surface area (Å²) in [5.41, 5.74) is 1.01. The molecule has 2 aromatic rings. The van der Waals surface area contributed by atoms with Crippen molar-refractivity contribution < 1.29 is 4.74 Å². The highest BCUT2D eigenvalue weighted by Crippen LogP contribution is 2.13. The highest BCUT2D eigenvalue weighted by atomic mass is 16.5. The van der Waals surface area contributed by atoms with E-state index in [-0.39, 0.29) is 6.10 Å². The minimum absolute atomic E-state index is 0.199. The van der Waals surface area contributed by atoms with Crippen LogP contribution in [0.25, 0.3) is 11.4 Å². The smallest absolute Gasteiger partial charge is 0.181 e. The predicted octanol–water partition coefficient (Wildman–Crippen LogP) is 2.40. The number of hydrogen-bond acceptors (Lipinski definition) is 3. The van der Waals surface area contributed by atoms with E-state index < -0.39 is 0 Å². The summed E-state index contributed by atoms with van der Waals surface area (Å²) in [5.74, 6) is 1.47. The summed E-state index contributed by atoms with van der Waals surface area (Å²) in [5, 5.41) is 7.02. The molecule has 0 saturated carbocycles. The number of aromatic amines is 1. The quantitative estimate of drug-likeness (QED) is 0.855. The lowest BCUT2D eigenvalue weighted by atomic mass is 10.2. The van der Waals surface area contributed by atoms with Crippen LogP contribution in [-0.4, -0.2) is 21.3 Å². The second-order valence-electron chi connectivity index (χ2n) is 3.83. The first-order valence-corrected chi connectivity index (χ1v) is 5.34. The highest BCUT2D eigenvalue weighted by molar-refractivity contribution is 5.53. The molecule has 0 spiro atoms. The molecule has 0 aliphatic rings. The Labute approximate surface area is 94.7 Å². The molecule has 0 fully saturated rings. The minimum Gasteiger partial charge on any atom is -0.371 e. The molecule has 0 aliphatic carbocycles. The third-order valence-corrected chi connectivity index (χ3v) is 2.12. The second kappa shape index (κ2) is 4.90. The Morgan fingerprint density at radius 3 is 2.69 bits per heavy atom. The van der Waals surface area contributed by atoms with Crippen molar-refractivity contribution in [2.75, 3.05) is 0 Å². The van der Waals surface area contributed by atoms with Crippen molar-refractivity contribution in [2.45, 2.75) is 26.6 Å². The molecule has 4 nitrogen and oxygen atoms in total. The summed E-state index contributed by atoms with van der Waals surface area (Å²) in [6, 6.07) is 9.87. The van der Waals surface area contributed by atoms with E-state index in [9.17, 15) is 0 Å². The summed E-state index contributed by atoms with van der Waals surface area (Å²) in [7, 11) is 0. The zero-order valence-electron chi connectivity index (χ0n) is 9.47. The van der Waals surface area contributed by atoms with Crippen LogP contribution in [0.15, 0.2) is 30.3 Å². The molecule has 1 aromatic heterocycles. The zero-order chi connectivity index (χ0) is 11.4. The van der Waals surface area contributed by atoms with E-state index in [2.05, 4.69) is 15.2 Å². The number of ether oxygens (including phenoxy) is 1. The number of nitrogens with zero attached hydrogens (tertiary/aromatic N) is 2. The average molecular weight is 217 g/mol. The molecule has 0 saturated heterocycles. The van der Waals surface area contributed by atoms with Gasteiger partial charge in [0.15, 0.2) is 11.6 Å². The normalized spacial score (nSPS) is 10.9. The van der Waals surface area contributed by atoms with E-state index in [1.54, 1.807) is 0 Å². The van der Waals surface area contributed by atoms with Crippen LogP contribution >= 0.6 is 0 Å². The van der Waals surface area contributed by atoms with Crippen molar-refractivity contribution in [3.63, 3.8) is 0 Å². The number of rotatable bonds is 4. The highest BCUT2D eigenvalue weighted by Gasteiger charge is 2.05. The van der Waals surface area contributed by atoms with Gasteiger partial charge in [0.1, 0.15) is 6.61 Å². The monoisotopic (exact) mass is 217 g/mol. The zero-order valence-corrected chi connectivity index (χ0v) is 9.47. The molecule has 4 heteroatoms. The molecule has 0 radical (unpaired) electrons. The number of hydrogen-bond donors (Lipinski definition) is 1. The summed E-state index contributed by atoms with van der Waals surface area (Å²) in [6.45, 7) is 4.46. The van der Waals surface area contributed by atoms with Gasteiger partial charge in [-0.2, -0.15) is 5.10 Å². The van der Waals surface area contributed by atoms with E-state index in [4.69, 9.17) is 4.74 Å². The van der Waals surface area contributed by atoms with Crippen LogP contribution in [-0.2, 0) is 11.3 Å². The van der Waals surface area contributed by atoms with Crippen LogP contribution in [0.5, 0.6) is 0 Å². The maximum absolute atomic E-state index is 5.44. The molecular formula is C12H15N3O. The standard InChI is InChI=1S/C12H15N3O/c1-9(2)16-8-11-13-12(15-14-11)10-6-4-3-5-7-10/h3-7,9H,8H2,1-2H3,(H,13,14,15). The molecule has 1 heterocycles. The molecular weight excluding hydrogens is 202 g/mol. The van der Waals surface area contributed by atoms with Crippen LogP contribution < -0.4 is 0 Å². The topological polar surface area (TPSA) is 50.8 Å². The van der Waals surface area contributed by atoms with E-state index >= 15 is 0 Å². The predicted molar refractivity (Wildman–Crippen MR) is 61.7 cm³/mol. The molecule has 0 amide bonds. The van der Waals surface area contributed by atoms with Crippen LogP contribution in [0.1, 0.15) is 19.7 Å². The number of H-pyrrole nitrogens is 1. The summed E-state index contributed by atoms with van der Waals surface area (Å²) in [4.78, 5) is 4.36. The van der Waals surface area contributed by atoms with Crippen molar-refractivity contribution >= 4 is 0 Å². The van der Waals surface area contributed by atoms with E-state index in [0.717, 1.165) is 11.4 Å². The molecule has 0 bridgehead atoms. The molecule has 0 aliphatic heterocycles. The first-order chi connectivity index (χ1) is 7.75. The van der Waals surface area contributed by atoms with Gasteiger partial charge in [-0.05, 0) is 13.8 Å². The lowest BCUT2D eigenvalue weighted by Crippen LogP contribution is -2.03. The SMILES string of the molecule is CC(C)OCc1nc(-c2ccccc2)n[nH]1. The minimum atomic E-state index is 0.199.